The van der Waals surface area contributed by atoms with E-state index in [2.05, 4.69) is 31.5 Å². The van der Waals surface area contributed by atoms with Crippen LogP contribution in [0.4, 0.5) is 0 Å². The molecule has 0 saturated carbocycles. The molecule has 0 aliphatic heterocycles. The minimum absolute atomic E-state index is 0.306. The molecule has 0 aromatic heterocycles. The Morgan fingerprint density at radius 1 is 1.33 bits per heavy atom. The third-order valence-electron chi connectivity index (χ3n) is 2.74. The van der Waals surface area contributed by atoms with E-state index in [0.717, 1.165) is 0 Å². The number of hydrogen-bond acceptors (Lipinski definition) is 3. The van der Waals surface area contributed by atoms with Gasteiger partial charge in [0.05, 0.1) is 12.2 Å². The van der Waals surface area contributed by atoms with Crippen LogP contribution in [0.1, 0.15) is 16.8 Å². The lowest BCUT2D eigenvalue weighted by Crippen LogP contribution is -2.39. The van der Waals surface area contributed by atoms with Crippen LogP contribution in [0.5, 0.6) is 0 Å². The summed E-state index contributed by atoms with van der Waals surface area (Å²) in [6.45, 7) is 12.1. The van der Waals surface area contributed by atoms with Gasteiger partial charge in [-0.3, -0.25) is 4.89 Å². The molecule has 0 aliphatic rings. The first-order valence-electron chi connectivity index (χ1n) is 5.88. The third-order valence-corrected chi connectivity index (χ3v) is 5.58. The molecule has 1 rings (SSSR count). The minimum Gasteiger partial charge on any atom is -0.293 e. The Kier molecular flexibility index (Phi) is 5.31. The van der Waals surface area contributed by atoms with Crippen LogP contribution < -0.4 is 5.19 Å². The lowest BCUT2D eigenvalue weighted by Gasteiger charge is -2.17. The molecule has 1 radical (unpaired) electrons. The van der Waals surface area contributed by atoms with Crippen LogP contribution >= 0.6 is 0 Å². The van der Waals surface area contributed by atoms with E-state index in [1.807, 2.05) is 17.8 Å². The molecule has 4 heteroatoms. The smallest absolute Gasteiger partial charge is 0.293 e. The van der Waals surface area contributed by atoms with Crippen molar-refractivity contribution in [2.24, 2.45) is 0 Å². The topological polar surface area (TPSA) is 35.5 Å². The molecule has 0 saturated heterocycles. The largest absolute Gasteiger partial charge is 0.373 e. The van der Waals surface area contributed by atoms with Gasteiger partial charge in [0.25, 0.3) is 0 Å². The van der Waals surface area contributed by atoms with E-state index < -0.39 is 14.0 Å². The van der Waals surface area contributed by atoms with E-state index in [0.29, 0.717) is 18.6 Å². The summed E-state index contributed by atoms with van der Waals surface area (Å²) in [4.78, 5) is 20.9. The fourth-order valence-electron chi connectivity index (χ4n) is 1.36. The Bertz CT molecular complexity index is 410. The van der Waals surface area contributed by atoms with Crippen molar-refractivity contribution >= 4 is 19.2 Å². The van der Waals surface area contributed by atoms with Gasteiger partial charge in [0, 0.05) is 0 Å². The van der Waals surface area contributed by atoms with Crippen molar-refractivity contribution in [3.05, 3.63) is 49.0 Å². The van der Waals surface area contributed by atoms with E-state index in [-0.39, 0.29) is 0 Å². The molecular formula is C14H19O3Si. The van der Waals surface area contributed by atoms with Crippen molar-refractivity contribution in [1.29, 1.82) is 0 Å². The summed E-state index contributed by atoms with van der Waals surface area (Å²) >= 11 is 0. The maximum Gasteiger partial charge on any atom is 0.373 e. The Morgan fingerprint density at radius 2 is 1.94 bits per heavy atom. The van der Waals surface area contributed by atoms with Crippen LogP contribution in [-0.2, 0) is 9.78 Å². The van der Waals surface area contributed by atoms with Crippen molar-refractivity contribution in [3.63, 3.8) is 0 Å². The highest BCUT2D eigenvalue weighted by atomic mass is 28.3. The molecule has 0 aliphatic carbocycles. The average Bonchev–Trinajstić information content (AvgIpc) is 2.39. The molecule has 18 heavy (non-hydrogen) atoms. The summed E-state index contributed by atoms with van der Waals surface area (Å²) in [6, 6.07) is 7.41. The maximum absolute atomic E-state index is 11.6. The Morgan fingerprint density at radius 3 is 2.44 bits per heavy atom. The molecular weight excluding hydrogens is 244 g/mol. The van der Waals surface area contributed by atoms with Crippen LogP contribution in [0.3, 0.4) is 0 Å². The first kappa shape index (κ1) is 14.7. The van der Waals surface area contributed by atoms with Gasteiger partial charge in [0.1, 0.15) is 8.07 Å². The first-order chi connectivity index (χ1) is 8.51. The lowest BCUT2D eigenvalue weighted by molar-refractivity contribution is -0.239. The molecule has 97 valence electrons. The molecule has 3 nitrogen and oxygen atoms in total. The van der Waals surface area contributed by atoms with E-state index >= 15 is 0 Å². The second-order valence-corrected chi connectivity index (χ2v) is 8.98. The second kappa shape index (κ2) is 6.52. The van der Waals surface area contributed by atoms with Crippen LogP contribution in [0.2, 0.25) is 13.1 Å². The van der Waals surface area contributed by atoms with Gasteiger partial charge in [-0.2, -0.15) is 4.89 Å². The zero-order valence-corrected chi connectivity index (χ0v) is 11.9. The molecule has 0 N–H and O–H groups in total. The predicted molar refractivity (Wildman–Crippen MR) is 75.1 cm³/mol. The van der Waals surface area contributed by atoms with Crippen molar-refractivity contribution in [2.45, 2.75) is 19.5 Å². The Hall–Kier alpha value is -1.39. The summed E-state index contributed by atoms with van der Waals surface area (Å²) < 4.78 is 0. The molecule has 0 fully saturated rings. The molecule has 0 spiro atoms. The fraction of sp³-hybridized carbons (Fsp3) is 0.286. The van der Waals surface area contributed by atoms with Gasteiger partial charge in [0.2, 0.25) is 0 Å². The normalized spacial score (nSPS) is 11.1. The summed E-state index contributed by atoms with van der Waals surface area (Å²) in [5.41, 5.74) is 2.49. The quantitative estimate of drug-likeness (QED) is 0.342. The van der Waals surface area contributed by atoms with Crippen LogP contribution in [0.15, 0.2) is 36.5 Å². The third kappa shape index (κ3) is 3.82. The summed E-state index contributed by atoms with van der Waals surface area (Å²) in [7, 11) is -1.57. The van der Waals surface area contributed by atoms with Crippen molar-refractivity contribution in [3.8, 4) is 0 Å². The second-order valence-electron chi connectivity index (χ2n) is 4.55. The van der Waals surface area contributed by atoms with E-state index in [4.69, 9.17) is 4.89 Å². The van der Waals surface area contributed by atoms with Crippen LogP contribution in [0.25, 0.3) is 0 Å². The van der Waals surface area contributed by atoms with Crippen molar-refractivity contribution in [2.75, 3.05) is 6.61 Å². The lowest BCUT2D eigenvalue weighted by atomic mass is 10.2. The molecule has 0 heterocycles. The predicted octanol–water partition coefficient (Wildman–Crippen LogP) is 2.64. The number of benzene rings is 1. The molecule has 0 bridgehead atoms. The summed E-state index contributed by atoms with van der Waals surface area (Å²) in [5.74, 6) is -0.479. The van der Waals surface area contributed by atoms with Crippen LogP contribution in [-0.4, -0.2) is 20.7 Å². The van der Waals surface area contributed by atoms with E-state index in [9.17, 15) is 4.79 Å². The van der Waals surface area contributed by atoms with Gasteiger partial charge in [-0.25, -0.2) is 4.79 Å². The number of carbonyl (C=O) groups is 1. The van der Waals surface area contributed by atoms with Gasteiger partial charge in [0.15, 0.2) is 0 Å². The Labute approximate surface area is 109 Å². The summed E-state index contributed by atoms with van der Waals surface area (Å²) in [6.07, 6.45) is 0.561. The van der Waals surface area contributed by atoms with Crippen molar-refractivity contribution in [1.82, 2.24) is 0 Å². The van der Waals surface area contributed by atoms with Gasteiger partial charge in [-0.05, 0) is 18.6 Å². The highest BCUT2D eigenvalue weighted by Crippen LogP contribution is 2.07. The van der Waals surface area contributed by atoms with E-state index in [1.165, 1.54) is 5.19 Å². The summed E-state index contributed by atoms with van der Waals surface area (Å²) in [5, 5.41) is 1.23. The Balaban J connectivity index is 2.71. The molecule has 0 unspecified atom stereocenters. The monoisotopic (exact) mass is 263 g/mol. The highest BCUT2D eigenvalue weighted by molar-refractivity contribution is 6.93. The molecule has 1 aromatic rings. The van der Waals surface area contributed by atoms with Gasteiger partial charge < -0.3 is 0 Å². The fourth-order valence-corrected chi connectivity index (χ4v) is 2.62. The number of carbonyl (C=O) groups excluding carboxylic acids is 1. The molecule has 0 atom stereocenters. The molecule has 1 aromatic carbocycles. The highest BCUT2D eigenvalue weighted by Gasteiger charge is 2.19. The minimum atomic E-state index is -1.57. The SMILES string of the molecule is [CH2]CCOOC(=O)c1ccc([Si](C)(C)C=C)cc1. The number of rotatable bonds is 6. The van der Waals surface area contributed by atoms with Gasteiger partial charge in [-0.1, -0.05) is 43.0 Å². The van der Waals surface area contributed by atoms with Crippen LogP contribution in [0, 0.1) is 6.92 Å². The zero-order valence-electron chi connectivity index (χ0n) is 10.9. The maximum atomic E-state index is 11.6. The van der Waals surface area contributed by atoms with Gasteiger partial charge >= 0.3 is 5.97 Å². The first-order valence-corrected chi connectivity index (χ1v) is 8.96. The standard InChI is InChI=1S/C14H19O3Si/c1-5-11-16-17-14(15)12-7-9-13(10-8-12)18(3,4)6-2/h6-10H,1-2,5,11H2,3-4H3. The van der Waals surface area contributed by atoms with Gasteiger partial charge in [-0.15, -0.1) is 6.58 Å². The zero-order chi connectivity index (χ0) is 13.6. The van der Waals surface area contributed by atoms with Crippen molar-refractivity contribution < 1.29 is 14.6 Å². The molecule has 0 amide bonds. The number of hydrogen-bond donors (Lipinski definition) is 0. The van der Waals surface area contributed by atoms with E-state index in [1.54, 1.807) is 12.1 Å². The average molecular weight is 263 g/mol.